The molecule has 1 aromatic heterocycles. The highest BCUT2D eigenvalue weighted by molar-refractivity contribution is 6.31. The van der Waals surface area contributed by atoms with E-state index in [4.69, 9.17) is 16.3 Å². The minimum atomic E-state index is -0.804. The van der Waals surface area contributed by atoms with E-state index < -0.39 is 11.5 Å². The van der Waals surface area contributed by atoms with Gasteiger partial charge in [0.2, 0.25) is 0 Å². The summed E-state index contributed by atoms with van der Waals surface area (Å²) in [6.45, 7) is 4.42. The molecule has 8 nitrogen and oxygen atoms in total. The Kier molecular flexibility index (Phi) is 8.63. The van der Waals surface area contributed by atoms with Crippen LogP contribution < -0.4 is 9.64 Å². The van der Waals surface area contributed by atoms with Crippen LogP contribution in [0.15, 0.2) is 48.5 Å². The van der Waals surface area contributed by atoms with E-state index in [-0.39, 0.29) is 24.8 Å². The van der Waals surface area contributed by atoms with Crippen molar-refractivity contribution >= 4 is 29.5 Å². The zero-order valence-electron chi connectivity index (χ0n) is 22.6. The normalized spacial score (nSPS) is 13.8. The van der Waals surface area contributed by atoms with Gasteiger partial charge < -0.3 is 24.4 Å². The average molecular weight is 549 g/mol. The molecular weight excluding hydrogens is 516 g/mol. The SMILES string of the molecule is CN(C)c1ccc(C#CC(C)(C)CO)cc1OCC(C=O)N1CCc2c(nn(Cc3ccccc3)c2Cl)C1=O. The lowest BCUT2D eigenvalue weighted by Gasteiger charge is -2.31. The molecule has 9 heteroatoms. The number of carbonyl (C=O) groups excluding carboxylic acids is 2. The number of aldehydes is 1. The maximum Gasteiger partial charge on any atom is 0.275 e. The second-order valence-corrected chi connectivity index (χ2v) is 10.8. The van der Waals surface area contributed by atoms with Gasteiger partial charge in [0, 0.05) is 37.2 Å². The van der Waals surface area contributed by atoms with E-state index in [1.807, 2.05) is 75.3 Å². The molecule has 1 amide bonds. The van der Waals surface area contributed by atoms with Crippen LogP contribution in [0.3, 0.4) is 0 Å². The third-order valence-electron chi connectivity index (χ3n) is 6.57. The Morgan fingerprint density at radius 2 is 1.97 bits per heavy atom. The molecule has 0 fully saturated rings. The van der Waals surface area contributed by atoms with Gasteiger partial charge in [-0.2, -0.15) is 5.10 Å². The molecule has 0 aliphatic carbocycles. The Labute approximate surface area is 234 Å². The molecule has 0 bridgehead atoms. The van der Waals surface area contributed by atoms with Crippen LogP contribution in [0, 0.1) is 17.3 Å². The Hall–Kier alpha value is -3.80. The summed E-state index contributed by atoms with van der Waals surface area (Å²) >= 11 is 6.59. The zero-order valence-corrected chi connectivity index (χ0v) is 23.4. The highest BCUT2D eigenvalue weighted by Gasteiger charge is 2.35. The van der Waals surface area contributed by atoms with Gasteiger partial charge in [0.15, 0.2) is 5.69 Å². The molecule has 1 N–H and O–H groups in total. The number of rotatable bonds is 9. The van der Waals surface area contributed by atoms with E-state index >= 15 is 0 Å². The van der Waals surface area contributed by atoms with E-state index in [1.54, 1.807) is 10.7 Å². The Morgan fingerprint density at radius 1 is 1.23 bits per heavy atom. The number of benzene rings is 2. The lowest BCUT2D eigenvalue weighted by molar-refractivity contribution is -0.112. The van der Waals surface area contributed by atoms with Gasteiger partial charge in [0.1, 0.15) is 29.8 Å². The van der Waals surface area contributed by atoms with Crippen molar-refractivity contribution < 1.29 is 19.4 Å². The van der Waals surface area contributed by atoms with Crippen molar-refractivity contribution in [3.63, 3.8) is 0 Å². The second kappa shape index (κ2) is 11.9. The Morgan fingerprint density at radius 3 is 2.64 bits per heavy atom. The number of aliphatic hydroxyl groups excluding tert-OH is 1. The van der Waals surface area contributed by atoms with Crippen LogP contribution in [-0.2, 0) is 17.8 Å². The summed E-state index contributed by atoms with van der Waals surface area (Å²) in [6, 6.07) is 14.5. The standard InChI is InChI=1S/C30H33ClN4O4/c1-30(2,20-37)14-12-21-10-11-25(33(3)4)26(16-21)39-19-23(18-36)34-15-13-24-27(29(34)38)32-35(28(24)31)17-22-8-6-5-7-9-22/h5-11,16,18,23,37H,13,15,17,19-20H2,1-4H3. The predicted octanol–water partition coefficient (Wildman–Crippen LogP) is 3.67. The fourth-order valence-corrected chi connectivity index (χ4v) is 4.54. The fourth-order valence-electron chi connectivity index (χ4n) is 4.25. The van der Waals surface area contributed by atoms with Crippen molar-refractivity contribution in [2.45, 2.75) is 32.9 Å². The van der Waals surface area contributed by atoms with Crippen LogP contribution in [0.2, 0.25) is 5.15 Å². The Balaban J connectivity index is 1.52. The van der Waals surface area contributed by atoms with Crippen molar-refractivity contribution in [2.24, 2.45) is 5.41 Å². The minimum absolute atomic E-state index is 0.0249. The van der Waals surface area contributed by atoms with Crippen LogP contribution in [0.5, 0.6) is 5.75 Å². The molecule has 1 unspecified atom stereocenters. The first-order valence-electron chi connectivity index (χ1n) is 12.8. The van der Waals surface area contributed by atoms with E-state index in [0.717, 1.165) is 23.1 Å². The summed E-state index contributed by atoms with van der Waals surface area (Å²) in [7, 11) is 3.79. The zero-order chi connectivity index (χ0) is 28.2. The van der Waals surface area contributed by atoms with Gasteiger partial charge in [-0.05, 0) is 44.0 Å². The van der Waals surface area contributed by atoms with Crippen molar-refractivity contribution in [1.82, 2.24) is 14.7 Å². The summed E-state index contributed by atoms with van der Waals surface area (Å²) in [5.41, 5.74) is 2.99. The number of nitrogens with zero attached hydrogens (tertiary/aromatic N) is 4. The topological polar surface area (TPSA) is 87.9 Å². The maximum atomic E-state index is 13.4. The number of halogens is 1. The average Bonchev–Trinajstić information content (AvgIpc) is 3.25. The second-order valence-electron chi connectivity index (χ2n) is 10.4. The largest absolute Gasteiger partial charge is 0.489 e. The van der Waals surface area contributed by atoms with Crippen molar-refractivity contribution in [2.75, 3.05) is 38.8 Å². The third-order valence-corrected chi connectivity index (χ3v) is 7.00. The number of aliphatic hydroxyl groups is 1. The Bertz CT molecular complexity index is 1410. The van der Waals surface area contributed by atoms with Crippen LogP contribution in [0.25, 0.3) is 0 Å². The van der Waals surface area contributed by atoms with Crippen LogP contribution in [0.4, 0.5) is 5.69 Å². The molecule has 1 aliphatic rings. The molecule has 4 rings (SSSR count). The fraction of sp³-hybridized carbons (Fsp3) is 0.367. The number of anilines is 1. The lowest BCUT2D eigenvalue weighted by atomic mass is 9.95. The van der Waals surface area contributed by atoms with E-state index in [9.17, 15) is 14.7 Å². The molecule has 2 heterocycles. The molecule has 3 aromatic rings. The monoisotopic (exact) mass is 548 g/mol. The number of carbonyl (C=O) groups is 2. The first-order chi connectivity index (χ1) is 18.6. The molecule has 0 saturated carbocycles. The molecule has 2 aromatic carbocycles. The molecule has 0 saturated heterocycles. The highest BCUT2D eigenvalue weighted by atomic mass is 35.5. The van der Waals surface area contributed by atoms with Gasteiger partial charge in [-0.25, -0.2) is 4.68 Å². The smallest absolute Gasteiger partial charge is 0.275 e. The van der Waals surface area contributed by atoms with E-state index in [0.29, 0.717) is 36.0 Å². The van der Waals surface area contributed by atoms with Crippen molar-refractivity contribution in [1.29, 1.82) is 0 Å². The lowest BCUT2D eigenvalue weighted by Crippen LogP contribution is -2.48. The maximum absolute atomic E-state index is 13.4. The first-order valence-corrected chi connectivity index (χ1v) is 13.1. The van der Waals surface area contributed by atoms with Crippen molar-refractivity contribution in [3.05, 3.63) is 76.1 Å². The highest BCUT2D eigenvalue weighted by Crippen LogP contribution is 2.30. The van der Waals surface area contributed by atoms with E-state index in [2.05, 4.69) is 16.9 Å². The number of aromatic nitrogens is 2. The number of hydrogen-bond donors (Lipinski definition) is 1. The van der Waals surface area contributed by atoms with Gasteiger partial charge in [0.25, 0.3) is 5.91 Å². The quantitative estimate of drug-likeness (QED) is 0.324. The van der Waals surface area contributed by atoms with Gasteiger partial charge >= 0.3 is 0 Å². The van der Waals surface area contributed by atoms with Crippen LogP contribution in [-0.4, -0.2) is 71.9 Å². The molecule has 204 valence electrons. The predicted molar refractivity (Wildman–Crippen MR) is 151 cm³/mol. The van der Waals surface area contributed by atoms with Crippen LogP contribution >= 0.6 is 11.6 Å². The van der Waals surface area contributed by atoms with Gasteiger partial charge in [0.05, 0.1) is 18.8 Å². The molecule has 0 radical (unpaired) electrons. The third kappa shape index (κ3) is 6.44. The van der Waals surface area contributed by atoms with Gasteiger partial charge in [-0.1, -0.05) is 53.8 Å². The number of fused-ring (bicyclic) bond motifs is 1. The molecule has 1 aliphatic heterocycles. The molecular formula is C30H33ClN4O4. The summed E-state index contributed by atoms with van der Waals surface area (Å²) in [6.07, 6.45) is 1.22. The summed E-state index contributed by atoms with van der Waals surface area (Å²) in [4.78, 5) is 29.0. The van der Waals surface area contributed by atoms with Gasteiger partial charge in [-0.3, -0.25) is 4.79 Å². The molecule has 39 heavy (non-hydrogen) atoms. The number of amides is 1. The molecule has 1 atom stereocenters. The summed E-state index contributed by atoms with van der Waals surface area (Å²) < 4.78 is 7.74. The van der Waals surface area contributed by atoms with Crippen molar-refractivity contribution in [3.8, 4) is 17.6 Å². The van der Waals surface area contributed by atoms with Crippen LogP contribution in [0.1, 0.15) is 41.0 Å². The van der Waals surface area contributed by atoms with E-state index in [1.165, 1.54) is 4.90 Å². The first kappa shape index (κ1) is 28.2. The minimum Gasteiger partial charge on any atom is -0.489 e. The number of ether oxygens (including phenoxy) is 1. The van der Waals surface area contributed by atoms with Gasteiger partial charge in [-0.15, -0.1) is 0 Å². The summed E-state index contributed by atoms with van der Waals surface area (Å²) in [5.74, 6) is 6.35. The molecule has 0 spiro atoms. The number of hydrogen-bond acceptors (Lipinski definition) is 6. The summed E-state index contributed by atoms with van der Waals surface area (Å²) in [5, 5.41) is 14.4.